The van der Waals surface area contributed by atoms with E-state index >= 15 is 0 Å². The molecule has 0 unspecified atom stereocenters. The Morgan fingerprint density at radius 3 is 2.83 bits per heavy atom. The Balaban J connectivity index is 1.49. The number of nitrogen functional groups attached to an aromatic ring is 1. The summed E-state index contributed by atoms with van der Waals surface area (Å²) in [4.78, 5) is 26.4. The second kappa shape index (κ2) is 8.07. The first-order valence-electron chi connectivity index (χ1n) is 9.40. The summed E-state index contributed by atoms with van der Waals surface area (Å²) in [5.41, 5.74) is 8.71. The minimum atomic E-state index is -0.444. The lowest BCUT2D eigenvalue weighted by Crippen LogP contribution is -2.11. The van der Waals surface area contributed by atoms with Crippen LogP contribution in [0.5, 0.6) is 0 Å². The van der Waals surface area contributed by atoms with Gasteiger partial charge in [-0.1, -0.05) is 25.1 Å². The highest BCUT2D eigenvalue weighted by atomic mass is 32.1. The number of anilines is 3. The molecule has 4 rings (SSSR count). The van der Waals surface area contributed by atoms with E-state index in [4.69, 9.17) is 10.5 Å². The van der Waals surface area contributed by atoms with Crippen molar-refractivity contribution >= 4 is 45.1 Å². The molecule has 0 spiro atoms. The molecule has 0 aliphatic carbocycles. The molecule has 0 saturated heterocycles. The molecular weight excluding hydrogens is 402 g/mol. The lowest BCUT2D eigenvalue weighted by Gasteiger charge is -2.10. The third-order valence-corrected chi connectivity index (χ3v) is 5.76. The van der Waals surface area contributed by atoms with E-state index in [-0.39, 0.29) is 18.4 Å². The van der Waals surface area contributed by atoms with Gasteiger partial charge in [-0.05, 0) is 31.0 Å². The fraction of sp³-hybridized carbons (Fsp3) is 0.250. The maximum atomic E-state index is 12.5. The standard InChI is InChI=1S/C20H21N7O2S/c1-4-12-7-5-6-8-14(12)22-20-24-16(23-19(21)25-20)10-29-18(28)15-9-13-11(2)26-27(3)17(13)30-15/h5-9H,4,10H2,1-3H3,(H3,21,22,23,24,25). The molecule has 1 aromatic carbocycles. The van der Waals surface area contributed by atoms with Gasteiger partial charge in [0.25, 0.3) is 0 Å². The van der Waals surface area contributed by atoms with Gasteiger partial charge >= 0.3 is 5.97 Å². The van der Waals surface area contributed by atoms with Gasteiger partial charge in [-0.3, -0.25) is 4.68 Å². The molecule has 3 heterocycles. The van der Waals surface area contributed by atoms with E-state index in [2.05, 4.69) is 32.3 Å². The van der Waals surface area contributed by atoms with Crippen LogP contribution in [0, 0.1) is 6.92 Å². The summed E-state index contributed by atoms with van der Waals surface area (Å²) in [6.07, 6.45) is 0.859. The molecule has 9 nitrogen and oxygen atoms in total. The van der Waals surface area contributed by atoms with Crippen molar-refractivity contribution in [1.82, 2.24) is 24.7 Å². The zero-order valence-electron chi connectivity index (χ0n) is 16.8. The molecule has 30 heavy (non-hydrogen) atoms. The van der Waals surface area contributed by atoms with Crippen molar-refractivity contribution in [3.8, 4) is 0 Å². The summed E-state index contributed by atoms with van der Waals surface area (Å²) in [7, 11) is 1.85. The van der Waals surface area contributed by atoms with Crippen LogP contribution in [0.3, 0.4) is 0 Å². The first-order chi connectivity index (χ1) is 14.4. The summed E-state index contributed by atoms with van der Waals surface area (Å²) in [5.74, 6) is 0.181. The highest BCUT2D eigenvalue weighted by molar-refractivity contribution is 7.20. The van der Waals surface area contributed by atoms with Gasteiger partial charge in [-0.25, -0.2) is 4.79 Å². The summed E-state index contributed by atoms with van der Waals surface area (Å²) >= 11 is 1.34. The highest BCUT2D eigenvalue weighted by Crippen LogP contribution is 2.28. The first-order valence-corrected chi connectivity index (χ1v) is 10.2. The van der Waals surface area contributed by atoms with Crippen molar-refractivity contribution in [2.75, 3.05) is 11.1 Å². The van der Waals surface area contributed by atoms with Gasteiger partial charge in [0.2, 0.25) is 11.9 Å². The summed E-state index contributed by atoms with van der Waals surface area (Å²) < 4.78 is 7.16. The Morgan fingerprint density at radius 2 is 2.07 bits per heavy atom. The number of fused-ring (bicyclic) bond motifs is 1. The summed E-state index contributed by atoms with van der Waals surface area (Å²) in [6, 6.07) is 9.66. The average Bonchev–Trinajstić information content (AvgIpc) is 3.28. The smallest absolute Gasteiger partial charge is 0.348 e. The highest BCUT2D eigenvalue weighted by Gasteiger charge is 2.17. The number of nitrogens with one attached hydrogen (secondary N) is 1. The third-order valence-electron chi connectivity index (χ3n) is 4.57. The van der Waals surface area contributed by atoms with E-state index in [1.165, 1.54) is 11.3 Å². The number of rotatable bonds is 6. The minimum absolute atomic E-state index is 0.0519. The summed E-state index contributed by atoms with van der Waals surface area (Å²) in [6.45, 7) is 3.86. The molecule has 154 valence electrons. The van der Waals surface area contributed by atoms with Crippen LogP contribution in [-0.2, 0) is 24.8 Å². The van der Waals surface area contributed by atoms with E-state index in [9.17, 15) is 4.79 Å². The van der Waals surface area contributed by atoms with Gasteiger partial charge in [-0.15, -0.1) is 11.3 Å². The summed E-state index contributed by atoms with van der Waals surface area (Å²) in [5, 5.41) is 8.44. The van der Waals surface area contributed by atoms with Crippen molar-refractivity contribution in [2.45, 2.75) is 26.9 Å². The Labute approximate surface area is 176 Å². The number of esters is 1. The number of para-hydroxylation sites is 1. The first kappa shape index (κ1) is 19.8. The van der Waals surface area contributed by atoms with Crippen molar-refractivity contribution < 1.29 is 9.53 Å². The van der Waals surface area contributed by atoms with Crippen LogP contribution in [-0.4, -0.2) is 30.7 Å². The van der Waals surface area contributed by atoms with Crippen molar-refractivity contribution in [1.29, 1.82) is 0 Å². The minimum Gasteiger partial charge on any atom is -0.453 e. The predicted octanol–water partition coefficient (Wildman–Crippen LogP) is 3.37. The molecule has 0 amide bonds. The van der Waals surface area contributed by atoms with Crippen molar-refractivity contribution in [3.05, 3.63) is 52.3 Å². The lowest BCUT2D eigenvalue weighted by atomic mass is 10.1. The fourth-order valence-corrected chi connectivity index (χ4v) is 4.15. The van der Waals surface area contributed by atoms with Crippen LogP contribution in [0.4, 0.5) is 17.6 Å². The molecule has 0 atom stereocenters. The number of aryl methyl sites for hydroxylation is 3. The average molecular weight is 424 g/mol. The number of aromatic nitrogens is 5. The van der Waals surface area contributed by atoms with Crippen LogP contribution in [0.25, 0.3) is 10.2 Å². The Kier molecular flexibility index (Phi) is 5.32. The quantitative estimate of drug-likeness (QED) is 0.453. The SMILES string of the molecule is CCc1ccccc1Nc1nc(N)nc(COC(=O)c2cc3c(C)nn(C)c3s2)n1. The number of hydrogen-bond donors (Lipinski definition) is 2. The molecule has 0 radical (unpaired) electrons. The van der Waals surface area contributed by atoms with Crippen molar-refractivity contribution in [2.24, 2.45) is 7.05 Å². The van der Waals surface area contributed by atoms with E-state index in [1.807, 2.05) is 38.2 Å². The van der Waals surface area contributed by atoms with Gasteiger partial charge in [-0.2, -0.15) is 20.1 Å². The molecule has 3 aromatic heterocycles. The molecule has 3 N–H and O–H groups in total. The number of ether oxygens (including phenoxy) is 1. The maximum absolute atomic E-state index is 12.5. The van der Waals surface area contributed by atoms with E-state index in [0.29, 0.717) is 10.8 Å². The lowest BCUT2D eigenvalue weighted by molar-refractivity contribution is 0.0468. The number of benzene rings is 1. The van der Waals surface area contributed by atoms with E-state index in [0.717, 1.165) is 33.6 Å². The zero-order valence-corrected chi connectivity index (χ0v) is 17.7. The van der Waals surface area contributed by atoms with Gasteiger partial charge in [0.1, 0.15) is 9.71 Å². The molecule has 0 fully saturated rings. The van der Waals surface area contributed by atoms with E-state index in [1.54, 1.807) is 10.7 Å². The molecule has 0 bridgehead atoms. The van der Waals surface area contributed by atoms with Gasteiger partial charge < -0.3 is 15.8 Å². The maximum Gasteiger partial charge on any atom is 0.348 e. The van der Waals surface area contributed by atoms with Crippen LogP contribution in [0.2, 0.25) is 0 Å². The van der Waals surface area contributed by atoms with Gasteiger partial charge in [0.05, 0.1) is 5.69 Å². The molecule has 10 heteroatoms. The number of thiophene rings is 1. The van der Waals surface area contributed by atoms with Crippen LogP contribution in [0.1, 0.15) is 33.7 Å². The molecular formula is C20H21N7O2S. The molecule has 4 aromatic rings. The predicted molar refractivity (Wildman–Crippen MR) is 116 cm³/mol. The number of hydrogen-bond acceptors (Lipinski definition) is 9. The fourth-order valence-electron chi connectivity index (χ4n) is 3.14. The Hall–Kier alpha value is -3.53. The number of carbonyl (C=O) groups is 1. The van der Waals surface area contributed by atoms with Crippen LogP contribution in [0.15, 0.2) is 30.3 Å². The number of carbonyl (C=O) groups excluding carboxylic acids is 1. The Bertz CT molecular complexity index is 1200. The van der Waals surface area contributed by atoms with Gasteiger partial charge in [0, 0.05) is 18.1 Å². The number of nitrogens with two attached hydrogens (primary N) is 1. The number of nitrogens with zero attached hydrogens (tertiary/aromatic N) is 5. The topological polar surface area (TPSA) is 121 Å². The van der Waals surface area contributed by atoms with Gasteiger partial charge in [0.15, 0.2) is 12.4 Å². The van der Waals surface area contributed by atoms with E-state index < -0.39 is 5.97 Å². The Morgan fingerprint density at radius 1 is 1.27 bits per heavy atom. The second-order valence-electron chi connectivity index (χ2n) is 6.68. The monoisotopic (exact) mass is 423 g/mol. The zero-order chi connectivity index (χ0) is 21.3. The third kappa shape index (κ3) is 3.94. The molecule has 0 aliphatic rings. The van der Waals surface area contributed by atoms with Crippen LogP contribution >= 0.6 is 11.3 Å². The van der Waals surface area contributed by atoms with Crippen LogP contribution < -0.4 is 11.1 Å². The second-order valence-corrected chi connectivity index (χ2v) is 7.71. The molecule has 0 aliphatic heterocycles. The molecule has 0 saturated carbocycles. The normalized spacial score (nSPS) is 11.0. The largest absolute Gasteiger partial charge is 0.453 e. The van der Waals surface area contributed by atoms with Crippen molar-refractivity contribution in [3.63, 3.8) is 0 Å².